The van der Waals surface area contributed by atoms with Gasteiger partial charge in [-0.25, -0.2) is 9.50 Å². The van der Waals surface area contributed by atoms with Gasteiger partial charge in [0.15, 0.2) is 5.78 Å². The number of ketones is 1. The molecule has 0 radical (unpaired) electrons. The zero-order valence-corrected chi connectivity index (χ0v) is 17.8. The summed E-state index contributed by atoms with van der Waals surface area (Å²) in [6, 6.07) is 16.8. The van der Waals surface area contributed by atoms with Crippen molar-refractivity contribution in [2.75, 3.05) is 0 Å². The van der Waals surface area contributed by atoms with Gasteiger partial charge in [-0.1, -0.05) is 71.4 Å². The lowest BCUT2D eigenvalue weighted by Gasteiger charge is -2.23. The van der Waals surface area contributed by atoms with Crippen LogP contribution >= 0.6 is 11.8 Å². The predicted molar refractivity (Wildman–Crippen MR) is 118 cm³/mol. The average molecular weight is 415 g/mol. The minimum absolute atomic E-state index is 0.126. The molecule has 4 aromatic rings. The third kappa shape index (κ3) is 3.75. The summed E-state index contributed by atoms with van der Waals surface area (Å²) in [7, 11) is 0. The maximum absolute atomic E-state index is 12.8. The molecule has 1 atom stereocenters. The molecule has 0 aliphatic heterocycles. The molecule has 30 heavy (non-hydrogen) atoms. The molecule has 6 heteroatoms. The smallest absolute Gasteiger partial charge is 0.253 e. The van der Waals surface area contributed by atoms with Gasteiger partial charge in [-0.15, -0.1) is 5.10 Å². The van der Waals surface area contributed by atoms with Gasteiger partial charge in [-0.2, -0.15) is 4.98 Å². The van der Waals surface area contributed by atoms with Gasteiger partial charge in [0.2, 0.25) is 5.16 Å². The van der Waals surface area contributed by atoms with Gasteiger partial charge >= 0.3 is 0 Å². The van der Waals surface area contributed by atoms with E-state index in [9.17, 15) is 4.79 Å². The Balaban J connectivity index is 1.41. The fraction of sp³-hybridized carbons (Fsp3) is 0.250. The minimum atomic E-state index is 0.126. The van der Waals surface area contributed by atoms with Crippen LogP contribution in [0, 0.1) is 13.8 Å². The number of carbonyl (C=O) groups excluding carboxylic acids is 1. The lowest BCUT2D eigenvalue weighted by Crippen LogP contribution is -2.21. The van der Waals surface area contributed by atoms with Crippen LogP contribution in [0.1, 0.15) is 50.6 Å². The first-order valence-corrected chi connectivity index (χ1v) is 11.1. The van der Waals surface area contributed by atoms with E-state index in [4.69, 9.17) is 4.98 Å². The van der Waals surface area contributed by atoms with Crippen LogP contribution < -0.4 is 0 Å². The molecular formula is C24H22N4OS. The number of carbonyl (C=O) groups is 1. The minimum Gasteiger partial charge on any atom is -0.294 e. The number of benzene rings is 2. The van der Waals surface area contributed by atoms with Crippen molar-refractivity contribution in [1.29, 1.82) is 0 Å². The first kappa shape index (κ1) is 19.0. The molecule has 0 N–H and O–H groups in total. The molecular weight excluding hydrogens is 392 g/mol. The van der Waals surface area contributed by atoms with E-state index in [0.29, 0.717) is 22.9 Å². The molecule has 0 spiro atoms. The van der Waals surface area contributed by atoms with Gasteiger partial charge in [0.1, 0.15) is 0 Å². The third-order valence-electron chi connectivity index (χ3n) is 5.53. The van der Waals surface area contributed by atoms with Gasteiger partial charge in [0.25, 0.3) is 5.78 Å². The molecule has 2 aromatic carbocycles. The van der Waals surface area contributed by atoms with Crippen molar-refractivity contribution in [1.82, 2.24) is 19.6 Å². The van der Waals surface area contributed by atoms with E-state index < -0.39 is 0 Å². The quantitative estimate of drug-likeness (QED) is 0.442. The Bertz CT molecular complexity index is 1260. The highest BCUT2D eigenvalue weighted by Gasteiger charge is 2.28. The van der Waals surface area contributed by atoms with Crippen LogP contribution in [-0.2, 0) is 12.2 Å². The molecule has 2 heterocycles. The summed E-state index contributed by atoms with van der Waals surface area (Å²) in [5.41, 5.74) is 6.39. The van der Waals surface area contributed by atoms with Gasteiger partial charge in [-0.3, -0.25) is 4.79 Å². The van der Waals surface area contributed by atoms with Gasteiger partial charge in [0.05, 0.1) is 11.3 Å². The number of rotatable bonds is 4. The normalized spacial score (nSPS) is 16.1. The number of Topliss-reactive ketones (excluding diaryl/α,β-unsaturated/α-hetero) is 1. The summed E-state index contributed by atoms with van der Waals surface area (Å²) in [4.78, 5) is 22.1. The molecule has 1 aliphatic rings. The Morgan fingerprint density at radius 3 is 2.63 bits per heavy atom. The molecule has 0 bridgehead atoms. The molecule has 0 saturated heterocycles. The summed E-state index contributed by atoms with van der Waals surface area (Å²) in [5, 5.41) is 5.21. The van der Waals surface area contributed by atoms with Crippen molar-refractivity contribution in [3.8, 4) is 0 Å². The lowest BCUT2D eigenvalue weighted by molar-refractivity contribution is 0.0962. The van der Waals surface area contributed by atoms with Gasteiger partial charge in [0, 0.05) is 18.4 Å². The number of nitrogens with zero attached hydrogens (tertiary/aromatic N) is 4. The largest absolute Gasteiger partial charge is 0.294 e. The Morgan fingerprint density at radius 2 is 1.83 bits per heavy atom. The second-order valence-electron chi connectivity index (χ2n) is 7.96. The van der Waals surface area contributed by atoms with Crippen LogP contribution in [0.15, 0.2) is 59.9 Å². The van der Waals surface area contributed by atoms with E-state index in [0.717, 1.165) is 17.9 Å². The SMILES string of the molecule is Cc1cccc(CSc2nc3nc4c(cn3n2)C(=O)C[C@H](c2cccc(C)c2)C4)c1. The van der Waals surface area contributed by atoms with Gasteiger partial charge in [-0.05, 0) is 37.3 Å². The summed E-state index contributed by atoms with van der Waals surface area (Å²) < 4.78 is 1.64. The van der Waals surface area contributed by atoms with Gasteiger partial charge < -0.3 is 0 Å². The molecule has 5 nitrogen and oxygen atoms in total. The Labute approximate surface area is 179 Å². The number of aromatic nitrogens is 4. The zero-order valence-electron chi connectivity index (χ0n) is 17.0. The summed E-state index contributed by atoms with van der Waals surface area (Å²) in [6.45, 7) is 4.17. The average Bonchev–Trinajstić information content (AvgIpc) is 3.13. The second-order valence-corrected chi connectivity index (χ2v) is 8.90. The van der Waals surface area contributed by atoms with E-state index >= 15 is 0 Å². The highest BCUT2D eigenvalue weighted by molar-refractivity contribution is 7.98. The fourth-order valence-electron chi connectivity index (χ4n) is 4.04. The van der Waals surface area contributed by atoms with Crippen LogP contribution in [0.2, 0.25) is 0 Å². The topological polar surface area (TPSA) is 60.1 Å². The van der Waals surface area contributed by atoms with Crippen molar-refractivity contribution >= 4 is 23.3 Å². The highest BCUT2D eigenvalue weighted by Crippen LogP contribution is 2.32. The number of fused-ring (bicyclic) bond motifs is 2. The Kier molecular flexibility index (Phi) is 4.87. The summed E-state index contributed by atoms with van der Waals surface area (Å²) in [6.07, 6.45) is 3.06. The fourth-order valence-corrected chi connectivity index (χ4v) is 4.80. The predicted octanol–water partition coefficient (Wildman–Crippen LogP) is 4.95. The van der Waals surface area contributed by atoms with Crippen molar-refractivity contribution in [2.45, 2.75) is 43.5 Å². The van der Waals surface area contributed by atoms with E-state index in [2.05, 4.69) is 72.5 Å². The van der Waals surface area contributed by atoms with E-state index in [1.165, 1.54) is 22.3 Å². The van der Waals surface area contributed by atoms with E-state index in [1.807, 2.05) is 0 Å². The number of aryl methyl sites for hydroxylation is 2. The van der Waals surface area contributed by atoms with Crippen LogP contribution in [0.25, 0.3) is 5.78 Å². The van der Waals surface area contributed by atoms with E-state index in [-0.39, 0.29) is 11.7 Å². The first-order chi connectivity index (χ1) is 14.5. The summed E-state index contributed by atoms with van der Waals surface area (Å²) in [5.74, 6) is 1.64. The monoisotopic (exact) mass is 414 g/mol. The zero-order chi connectivity index (χ0) is 20.7. The lowest BCUT2D eigenvalue weighted by atomic mass is 9.82. The van der Waals surface area contributed by atoms with Crippen molar-refractivity contribution in [2.24, 2.45) is 0 Å². The standard InChI is InChI=1S/C24H22N4OS/c1-15-5-3-7-17(9-15)14-30-24-26-23-25-21-11-19(18-8-4-6-16(2)10-18)12-22(29)20(21)13-28(23)27-24/h3-10,13,19H,11-12,14H2,1-2H3/t19-/m1/s1. The van der Waals surface area contributed by atoms with Crippen molar-refractivity contribution in [3.63, 3.8) is 0 Å². The molecule has 150 valence electrons. The molecule has 2 aromatic heterocycles. The van der Waals surface area contributed by atoms with Crippen LogP contribution in [-0.4, -0.2) is 25.4 Å². The Morgan fingerprint density at radius 1 is 1.03 bits per heavy atom. The maximum atomic E-state index is 12.8. The molecule has 0 fully saturated rings. The van der Waals surface area contributed by atoms with Crippen molar-refractivity contribution < 1.29 is 4.79 Å². The molecule has 0 amide bonds. The second kappa shape index (κ2) is 7.69. The van der Waals surface area contributed by atoms with Crippen LogP contribution in [0.4, 0.5) is 0 Å². The molecule has 1 aliphatic carbocycles. The van der Waals surface area contributed by atoms with Crippen molar-refractivity contribution in [3.05, 3.63) is 88.2 Å². The maximum Gasteiger partial charge on any atom is 0.253 e. The Hall–Kier alpha value is -2.99. The summed E-state index contributed by atoms with van der Waals surface area (Å²) >= 11 is 1.58. The van der Waals surface area contributed by atoms with Crippen LogP contribution in [0.5, 0.6) is 0 Å². The first-order valence-electron chi connectivity index (χ1n) is 10.1. The third-order valence-corrected chi connectivity index (χ3v) is 6.44. The number of hydrogen-bond donors (Lipinski definition) is 0. The number of thioether (sulfide) groups is 1. The number of hydrogen-bond acceptors (Lipinski definition) is 5. The molecule has 0 saturated carbocycles. The highest BCUT2D eigenvalue weighted by atomic mass is 32.2. The molecule has 0 unspecified atom stereocenters. The molecule has 5 rings (SSSR count). The van der Waals surface area contributed by atoms with Crippen LogP contribution in [0.3, 0.4) is 0 Å². The van der Waals surface area contributed by atoms with E-state index in [1.54, 1.807) is 22.5 Å².